The molecule has 0 spiro atoms. The van der Waals surface area contributed by atoms with Gasteiger partial charge in [0.25, 0.3) is 0 Å². The largest absolute Gasteiger partial charge is 0.313 e. The fourth-order valence-corrected chi connectivity index (χ4v) is 6.24. The Morgan fingerprint density at radius 2 is 1.09 bits per heavy atom. The molecule has 0 atom stereocenters. The average Bonchev–Trinajstić information content (AvgIpc) is 3.15. The van der Waals surface area contributed by atoms with Crippen LogP contribution >= 0.6 is 0 Å². The van der Waals surface area contributed by atoms with E-state index in [1.807, 2.05) is 0 Å². The Morgan fingerprint density at radius 3 is 1.89 bits per heavy atom. The van der Waals surface area contributed by atoms with Crippen molar-refractivity contribution in [2.45, 2.75) is 13.8 Å². The van der Waals surface area contributed by atoms with Crippen molar-refractivity contribution in [3.05, 3.63) is 114 Å². The Bertz CT molecular complexity index is 2110. The number of hydrogen-bond acceptors (Lipinski definition) is 0. The lowest BCUT2D eigenvalue weighted by atomic mass is 9.92. The molecule has 7 aromatic carbocycles. The Balaban J connectivity index is 1.51. The smallest absolute Gasteiger partial charge is 0.0613 e. The topological polar surface area (TPSA) is 4.93 Å². The molecule has 8 rings (SSSR count). The first-order valence-electron chi connectivity index (χ1n) is 12.3. The van der Waals surface area contributed by atoms with Crippen molar-refractivity contribution in [1.29, 1.82) is 0 Å². The normalized spacial score (nSPS) is 12.3. The van der Waals surface area contributed by atoms with Gasteiger partial charge in [-0.15, -0.1) is 0 Å². The van der Waals surface area contributed by atoms with Gasteiger partial charge in [-0.2, -0.15) is 0 Å². The number of rotatable bonds is 1. The van der Waals surface area contributed by atoms with Crippen LogP contribution in [0.4, 0.5) is 0 Å². The number of hydrogen-bond donors (Lipinski definition) is 0. The summed E-state index contributed by atoms with van der Waals surface area (Å²) in [5.41, 5.74) is 5.18. The van der Waals surface area contributed by atoms with Crippen LogP contribution in [0.25, 0.3) is 70.5 Å². The molecule has 1 heteroatoms. The molecule has 1 heterocycles. The molecule has 0 saturated heterocycles. The fourth-order valence-electron chi connectivity index (χ4n) is 6.24. The minimum Gasteiger partial charge on any atom is -0.313 e. The minimum absolute atomic E-state index is 1.22. The molecular formula is C34H23N. The summed E-state index contributed by atoms with van der Waals surface area (Å²) in [6.07, 6.45) is 0. The van der Waals surface area contributed by atoms with E-state index in [1.165, 1.54) is 81.7 Å². The van der Waals surface area contributed by atoms with Crippen molar-refractivity contribution in [2.75, 3.05) is 0 Å². The molecule has 0 saturated carbocycles. The molecule has 0 fully saturated rings. The van der Waals surface area contributed by atoms with E-state index in [0.29, 0.717) is 0 Å². The van der Waals surface area contributed by atoms with Gasteiger partial charge in [0.05, 0.1) is 5.52 Å². The molecule has 0 radical (unpaired) electrons. The van der Waals surface area contributed by atoms with Gasteiger partial charge in [0, 0.05) is 22.2 Å². The number of aryl methyl sites for hydroxylation is 1. The SMILES string of the molecule is Cc1c(C)n(-c2ccc3cc4ccccc4cc3c2)c2c1cc1ccc3cccc4ccc2c1c34. The summed E-state index contributed by atoms with van der Waals surface area (Å²) in [4.78, 5) is 0. The predicted molar refractivity (Wildman–Crippen MR) is 151 cm³/mol. The van der Waals surface area contributed by atoms with Crippen LogP contribution in [0.5, 0.6) is 0 Å². The van der Waals surface area contributed by atoms with E-state index in [4.69, 9.17) is 0 Å². The van der Waals surface area contributed by atoms with Gasteiger partial charge < -0.3 is 4.57 Å². The molecule has 35 heavy (non-hydrogen) atoms. The highest BCUT2D eigenvalue weighted by molar-refractivity contribution is 6.29. The number of nitrogens with zero attached hydrogens (tertiary/aromatic N) is 1. The molecule has 0 amide bonds. The van der Waals surface area contributed by atoms with Crippen LogP contribution in [0.2, 0.25) is 0 Å². The lowest BCUT2D eigenvalue weighted by Gasteiger charge is -2.15. The fraction of sp³-hybridized carbons (Fsp3) is 0.0588. The lowest BCUT2D eigenvalue weighted by Crippen LogP contribution is -1.98. The highest BCUT2D eigenvalue weighted by Gasteiger charge is 2.19. The van der Waals surface area contributed by atoms with Crippen molar-refractivity contribution in [3.8, 4) is 5.69 Å². The summed E-state index contributed by atoms with van der Waals surface area (Å²) in [6.45, 7) is 4.52. The van der Waals surface area contributed by atoms with Gasteiger partial charge in [-0.1, -0.05) is 72.8 Å². The summed E-state index contributed by atoms with van der Waals surface area (Å²) < 4.78 is 2.48. The first-order chi connectivity index (χ1) is 17.2. The van der Waals surface area contributed by atoms with Crippen LogP contribution in [0.1, 0.15) is 11.3 Å². The highest BCUT2D eigenvalue weighted by Crippen LogP contribution is 2.42. The van der Waals surface area contributed by atoms with Crippen molar-refractivity contribution < 1.29 is 0 Å². The molecule has 0 aliphatic rings. The molecule has 1 aromatic heterocycles. The molecule has 164 valence electrons. The second-order valence-corrected chi connectivity index (χ2v) is 9.91. The maximum atomic E-state index is 2.48. The van der Waals surface area contributed by atoms with Gasteiger partial charge in [0.15, 0.2) is 0 Å². The van der Waals surface area contributed by atoms with Gasteiger partial charge in [0.2, 0.25) is 0 Å². The van der Waals surface area contributed by atoms with Crippen molar-refractivity contribution in [1.82, 2.24) is 4.57 Å². The van der Waals surface area contributed by atoms with Crippen LogP contribution in [0, 0.1) is 13.8 Å². The van der Waals surface area contributed by atoms with Gasteiger partial charge >= 0.3 is 0 Å². The zero-order valence-corrected chi connectivity index (χ0v) is 19.8. The summed E-state index contributed by atoms with van der Waals surface area (Å²) in [5.74, 6) is 0. The van der Waals surface area contributed by atoms with E-state index in [-0.39, 0.29) is 0 Å². The van der Waals surface area contributed by atoms with E-state index in [9.17, 15) is 0 Å². The highest BCUT2D eigenvalue weighted by atomic mass is 15.0. The number of aromatic nitrogens is 1. The van der Waals surface area contributed by atoms with E-state index in [1.54, 1.807) is 0 Å². The maximum Gasteiger partial charge on any atom is 0.0613 e. The second kappa shape index (κ2) is 6.61. The number of benzene rings is 7. The molecule has 0 N–H and O–H groups in total. The minimum atomic E-state index is 1.22. The first-order valence-corrected chi connectivity index (χ1v) is 12.3. The zero-order chi connectivity index (χ0) is 23.3. The quantitative estimate of drug-likeness (QED) is 0.175. The monoisotopic (exact) mass is 445 g/mol. The van der Waals surface area contributed by atoms with Crippen molar-refractivity contribution >= 4 is 64.8 Å². The maximum absolute atomic E-state index is 2.48. The molecule has 8 aromatic rings. The van der Waals surface area contributed by atoms with Gasteiger partial charge in [0.1, 0.15) is 0 Å². The summed E-state index contributed by atoms with van der Waals surface area (Å²) in [6, 6.07) is 38.3. The Hall–Kier alpha value is -4.36. The number of fused-ring (bicyclic) bond motifs is 4. The second-order valence-electron chi connectivity index (χ2n) is 9.91. The molecule has 1 nitrogen and oxygen atoms in total. The first kappa shape index (κ1) is 19.0. The van der Waals surface area contributed by atoms with E-state index in [0.717, 1.165) is 0 Å². The standard InChI is InChI=1S/C34H23N/c1-20-21(2)35(29-14-12-26-16-24-6-3-4-7-25(24)17-28(26)18-29)34-30-15-13-23-9-5-8-22-10-11-27(19-31(20)34)33(30)32(22)23/h3-19H,1-2H3. The molecule has 0 aliphatic heterocycles. The molecule has 0 bridgehead atoms. The van der Waals surface area contributed by atoms with E-state index < -0.39 is 0 Å². The van der Waals surface area contributed by atoms with Crippen molar-refractivity contribution in [2.24, 2.45) is 0 Å². The third kappa shape index (κ3) is 2.48. The van der Waals surface area contributed by atoms with E-state index >= 15 is 0 Å². The predicted octanol–water partition coefficient (Wildman–Crippen LogP) is 9.45. The van der Waals surface area contributed by atoms with Crippen LogP contribution in [0.15, 0.2) is 103 Å². The molecule has 0 aliphatic carbocycles. The summed E-state index contributed by atoms with van der Waals surface area (Å²) in [5, 5.41) is 14.5. The Labute approximate surface area is 203 Å². The molecule has 0 unspecified atom stereocenters. The average molecular weight is 446 g/mol. The van der Waals surface area contributed by atoms with Gasteiger partial charge in [-0.05, 0) is 98.2 Å². The summed E-state index contributed by atoms with van der Waals surface area (Å²) >= 11 is 0. The third-order valence-electron chi connectivity index (χ3n) is 8.07. The lowest BCUT2D eigenvalue weighted by molar-refractivity contribution is 1.05. The van der Waals surface area contributed by atoms with E-state index in [2.05, 4.69) is 122 Å². The van der Waals surface area contributed by atoms with Crippen LogP contribution in [0.3, 0.4) is 0 Å². The van der Waals surface area contributed by atoms with Gasteiger partial charge in [-0.25, -0.2) is 0 Å². The van der Waals surface area contributed by atoms with Crippen LogP contribution < -0.4 is 0 Å². The molecular weight excluding hydrogens is 422 g/mol. The zero-order valence-electron chi connectivity index (χ0n) is 19.8. The third-order valence-corrected chi connectivity index (χ3v) is 8.07. The Kier molecular flexibility index (Phi) is 3.59. The van der Waals surface area contributed by atoms with Crippen LogP contribution in [-0.2, 0) is 0 Å². The van der Waals surface area contributed by atoms with Gasteiger partial charge in [-0.3, -0.25) is 0 Å². The van der Waals surface area contributed by atoms with Crippen LogP contribution in [-0.4, -0.2) is 4.57 Å². The summed E-state index contributed by atoms with van der Waals surface area (Å²) in [7, 11) is 0. The Morgan fingerprint density at radius 1 is 0.457 bits per heavy atom. The van der Waals surface area contributed by atoms with Crippen molar-refractivity contribution in [3.63, 3.8) is 0 Å².